The smallest absolute Gasteiger partial charge is 0.254 e. The standard InChI is InChI=1S/C23H19BrFN7O/c24-16-5-6-30-13-27-19(20(30)7-16)9-26-23(33)15-8-28-31(10-15)11-17-12-32-21(29-17)4-3-18(22(32)25)14-1-2-14/h3-8,10,12-14H,1-2,9,11H2,(H,26,33). The number of carbonyl (C=O) groups is 1. The number of imidazole rings is 2. The number of nitrogens with one attached hydrogen (secondary N) is 1. The van der Waals surface area contributed by atoms with Crippen LogP contribution in [0.3, 0.4) is 0 Å². The number of hydrogen-bond donors (Lipinski definition) is 1. The molecule has 33 heavy (non-hydrogen) atoms. The number of halogens is 2. The van der Waals surface area contributed by atoms with Gasteiger partial charge in [0.2, 0.25) is 5.95 Å². The first-order chi connectivity index (χ1) is 16.0. The molecule has 8 nitrogen and oxygen atoms in total. The third-order valence-corrected chi connectivity index (χ3v) is 6.37. The minimum absolute atomic E-state index is 0.242. The van der Waals surface area contributed by atoms with Crippen LogP contribution >= 0.6 is 15.9 Å². The van der Waals surface area contributed by atoms with E-state index in [0.29, 0.717) is 35.9 Å². The van der Waals surface area contributed by atoms with Crippen molar-refractivity contribution in [1.82, 2.24) is 33.9 Å². The van der Waals surface area contributed by atoms with E-state index in [1.165, 1.54) is 10.6 Å². The number of fused-ring (bicyclic) bond motifs is 2. The van der Waals surface area contributed by atoms with E-state index in [0.717, 1.165) is 34.1 Å². The number of nitrogens with zero attached hydrogens (tertiary/aromatic N) is 6. The molecule has 0 aromatic carbocycles. The fourth-order valence-corrected chi connectivity index (χ4v) is 4.35. The van der Waals surface area contributed by atoms with Gasteiger partial charge in [-0.15, -0.1) is 0 Å². The van der Waals surface area contributed by atoms with Gasteiger partial charge in [-0.25, -0.2) is 9.97 Å². The number of hydrogen-bond acceptors (Lipinski definition) is 4. The van der Waals surface area contributed by atoms with Crippen molar-refractivity contribution in [1.29, 1.82) is 0 Å². The predicted octanol–water partition coefficient (Wildman–Crippen LogP) is 3.94. The van der Waals surface area contributed by atoms with E-state index in [2.05, 4.69) is 36.3 Å². The van der Waals surface area contributed by atoms with Gasteiger partial charge in [0.1, 0.15) is 5.65 Å². The van der Waals surface area contributed by atoms with Gasteiger partial charge < -0.3 is 9.72 Å². The van der Waals surface area contributed by atoms with Gasteiger partial charge in [0.15, 0.2) is 0 Å². The van der Waals surface area contributed by atoms with Crippen LogP contribution in [0.25, 0.3) is 11.2 Å². The van der Waals surface area contributed by atoms with Crippen molar-refractivity contribution >= 4 is 33.0 Å². The number of rotatable bonds is 6. The highest BCUT2D eigenvalue weighted by atomic mass is 79.9. The lowest BCUT2D eigenvalue weighted by atomic mass is 10.2. The molecule has 5 aromatic rings. The van der Waals surface area contributed by atoms with Crippen LogP contribution in [0.5, 0.6) is 0 Å². The highest BCUT2D eigenvalue weighted by Gasteiger charge is 2.27. The van der Waals surface area contributed by atoms with E-state index < -0.39 is 0 Å². The maximum Gasteiger partial charge on any atom is 0.254 e. The van der Waals surface area contributed by atoms with Crippen LogP contribution in [-0.2, 0) is 13.1 Å². The third kappa shape index (κ3) is 3.80. The maximum atomic E-state index is 14.8. The lowest BCUT2D eigenvalue weighted by Gasteiger charge is -2.02. The van der Waals surface area contributed by atoms with E-state index >= 15 is 0 Å². The van der Waals surface area contributed by atoms with E-state index in [1.807, 2.05) is 34.9 Å². The molecule has 1 saturated carbocycles. The molecule has 1 fully saturated rings. The lowest BCUT2D eigenvalue weighted by Crippen LogP contribution is -2.22. The summed E-state index contributed by atoms with van der Waals surface area (Å²) in [6.07, 6.45) is 10.6. The zero-order valence-corrected chi connectivity index (χ0v) is 19.0. The molecule has 6 rings (SSSR count). The molecule has 0 aliphatic heterocycles. The molecule has 0 radical (unpaired) electrons. The summed E-state index contributed by atoms with van der Waals surface area (Å²) in [5.74, 6) is -0.158. The van der Waals surface area contributed by atoms with Crippen molar-refractivity contribution in [3.63, 3.8) is 0 Å². The number of pyridine rings is 2. The third-order valence-electron chi connectivity index (χ3n) is 5.88. The van der Waals surface area contributed by atoms with Crippen LogP contribution < -0.4 is 5.32 Å². The Morgan fingerprint density at radius 3 is 2.97 bits per heavy atom. The molecule has 0 saturated heterocycles. The summed E-state index contributed by atoms with van der Waals surface area (Å²) in [4.78, 5) is 21.5. The van der Waals surface area contributed by atoms with Crippen LogP contribution in [0.2, 0.25) is 0 Å². The molecule has 5 heterocycles. The lowest BCUT2D eigenvalue weighted by molar-refractivity contribution is 0.0950. The molecule has 1 aliphatic carbocycles. The van der Waals surface area contributed by atoms with Gasteiger partial charge in [0, 0.05) is 28.6 Å². The molecule has 0 bridgehead atoms. The second kappa shape index (κ2) is 7.80. The van der Waals surface area contributed by atoms with Crippen LogP contribution in [0.15, 0.2) is 59.9 Å². The van der Waals surface area contributed by atoms with E-state index in [4.69, 9.17) is 0 Å². The molecule has 1 N–H and O–H groups in total. The molecule has 10 heteroatoms. The second-order valence-corrected chi connectivity index (χ2v) is 9.17. The average Bonchev–Trinajstić information content (AvgIpc) is 3.20. The summed E-state index contributed by atoms with van der Waals surface area (Å²) in [7, 11) is 0. The Morgan fingerprint density at radius 1 is 1.24 bits per heavy atom. The maximum absolute atomic E-state index is 14.8. The fraction of sp³-hybridized carbons (Fsp3) is 0.217. The molecule has 0 atom stereocenters. The minimum atomic E-state index is -0.243. The van der Waals surface area contributed by atoms with Crippen molar-refractivity contribution < 1.29 is 9.18 Å². The van der Waals surface area contributed by atoms with E-state index in [9.17, 15) is 9.18 Å². The first kappa shape index (κ1) is 20.1. The Morgan fingerprint density at radius 2 is 2.12 bits per heavy atom. The number of aromatic nitrogens is 6. The van der Waals surface area contributed by atoms with Crippen molar-refractivity contribution in [3.8, 4) is 0 Å². The zero-order chi connectivity index (χ0) is 22.5. The highest BCUT2D eigenvalue weighted by Crippen LogP contribution is 2.41. The van der Waals surface area contributed by atoms with Crippen molar-refractivity contribution in [2.45, 2.75) is 31.8 Å². The van der Waals surface area contributed by atoms with Gasteiger partial charge in [0.05, 0.1) is 48.1 Å². The van der Waals surface area contributed by atoms with Gasteiger partial charge in [-0.1, -0.05) is 22.0 Å². The molecule has 5 aromatic heterocycles. The van der Waals surface area contributed by atoms with Gasteiger partial charge in [-0.3, -0.25) is 13.9 Å². The summed E-state index contributed by atoms with van der Waals surface area (Å²) >= 11 is 3.46. The van der Waals surface area contributed by atoms with Crippen molar-refractivity contribution in [2.24, 2.45) is 0 Å². The Bertz CT molecular complexity index is 1510. The summed E-state index contributed by atoms with van der Waals surface area (Å²) < 4.78 is 20.7. The normalized spacial score (nSPS) is 13.8. The van der Waals surface area contributed by atoms with Gasteiger partial charge in [0.25, 0.3) is 5.91 Å². The Kier molecular flexibility index (Phi) is 4.75. The fourth-order valence-electron chi connectivity index (χ4n) is 4.02. The second-order valence-electron chi connectivity index (χ2n) is 8.25. The van der Waals surface area contributed by atoms with Gasteiger partial charge in [-0.05, 0) is 37.0 Å². The largest absolute Gasteiger partial charge is 0.346 e. The average molecular weight is 508 g/mol. The van der Waals surface area contributed by atoms with Gasteiger partial charge in [-0.2, -0.15) is 9.49 Å². The quantitative estimate of drug-likeness (QED) is 0.353. The minimum Gasteiger partial charge on any atom is -0.346 e. The SMILES string of the molecule is O=C(NCc1ncn2ccc(Br)cc12)c1cnn(Cc2cn3c(F)c(C4CC4)ccc3n2)c1. The molecule has 1 amide bonds. The Balaban J connectivity index is 1.15. The highest BCUT2D eigenvalue weighted by molar-refractivity contribution is 9.10. The summed E-state index contributed by atoms with van der Waals surface area (Å²) in [6, 6.07) is 7.56. The predicted molar refractivity (Wildman–Crippen MR) is 123 cm³/mol. The van der Waals surface area contributed by atoms with Gasteiger partial charge >= 0.3 is 0 Å². The molecule has 1 aliphatic rings. The van der Waals surface area contributed by atoms with Crippen LogP contribution in [-0.4, -0.2) is 34.5 Å². The molecular formula is C23H19BrFN7O. The topological polar surface area (TPSA) is 81.5 Å². The van der Waals surface area contributed by atoms with Crippen molar-refractivity contribution in [3.05, 3.63) is 88.3 Å². The Labute approximate surface area is 196 Å². The summed E-state index contributed by atoms with van der Waals surface area (Å²) in [5, 5.41) is 7.16. The zero-order valence-electron chi connectivity index (χ0n) is 17.4. The summed E-state index contributed by atoms with van der Waals surface area (Å²) in [5.41, 5.74) is 4.12. The van der Waals surface area contributed by atoms with E-state index in [-0.39, 0.29) is 11.9 Å². The molecular weight excluding hydrogens is 489 g/mol. The monoisotopic (exact) mass is 507 g/mol. The van der Waals surface area contributed by atoms with Crippen LogP contribution in [0.4, 0.5) is 4.39 Å². The van der Waals surface area contributed by atoms with E-state index in [1.54, 1.807) is 23.4 Å². The number of amides is 1. The first-order valence-corrected chi connectivity index (χ1v) is 11.4. The molecule has 0 spiro atoms. The molecule has 166 valence electrons. The molecule has 0 unspecified atom stereocenters. The Hall–Kier alpha value is -3.53. The van der Waals surface area contributed by atoms with Crippen molar-refractivity contribution in [2.75, 3.05) is 0 Å². The summed E-state index contributed by atoms with van der Waals surface area (Å²) in [6.45, 7) is 0.638. The van der Waals surface area contributed by atoms with Crippen LogP contribution in [0.1, 0.15) is 46.1 Å². The first-order valence-electron chi connectivity index (χ1n) is 10.6. The van der Waals surface area contributed by atoms with Crippen LogP contribution in [0, 0.1) is 5.95 Å². The number of carbonyl (C=O) groups excluding carboxylic acids is 1.